The predicted octanol–water partition coefficient (Wildman–Crippen LogP) is 2.24. The van der Waals surface area contributed by atoms with Gasteiger partial charge in [-0.3, -0.25) is 4.79 Å². The van der Waals surface area contributed by atoms with E-state index < -0.39 is 0 Å². The lowest BCUT2D eigenvalue weighted by Gasteiger charge is -2.39. The third-order valence-electron chi connectivity index (χ3n) is 3.99. The van der Waals surface area contributed by atoms with Gasteiger partial charge in [-0.05, 0) is 49.9 Å². The first-order chi connectivity index (χ1) is 10.1. The molecule has 0 aromatic heterocycles. The van der Waals surface area contributed by atoms with Crippen LogP contribution in [-0.4, -0.2) is 30.3 Å². The third kappa shape index (κ3) is 3.84. The monoisotopic (exact) mass is 287 g/mol. The molecular weight excluding hydrogens is 266 g/mol. The van der Waals surface area contributed by atoms with Gasteiger partial charge in [0.15, 0.2) is 0 Å². The van der Waals surface area contributed by atoms with Crippen LogP contribution in [0.1, 0.15) is 36.8 Å². The van der Waals surface area contributed by atoms with E-state index in [9.17, 15) is 4.79 Å². The van der Waals surface area contributed by atoms with Gasteiger partial charge in [0.1, 0.15) is 6.61 Å². The number of rotatable bonds is 4. The fourth-order valence-electron chi connectivity index (χ4n) is 2.53. The van der Waals surface area contributed by atoms with E-state index in [1.165, 1.54) is 0 Å². The summed E-state index contributed by atoms with van der Waals surface area (Å²) in [5.41, 5.74) is 2.31. The standard InChI is InChI=1S/C17H21NO3/c1-13-11-14(5-3-10-19)6-7-15(13)18-16(20)12-17(21-2)8-4-9-17/h6-7,11,19H,4,8-10,12H2,1-2H3,(H,18,20). The van der Waals surface area contributed by atoms with E-state index in [2.05, 4.69) is 17.2 Å². The molecule has 1 saturated carbocycles. The van der Waals surface area contributed by atoms with Gasteiger partial charge in [-0.1, -0.05) is 11.8 Å². The molecule has 0 heterocycles. The average Bonchev–Trinajstić information content (AvgIpc) is 2.43. The molecule has 4 nitrogen and oxygen atoms in total. The number of carbonyl (C=O) groups excluding carboxylic acids is 1. The average molecular weight is 287 g/mol. The van der Waals surface area contributed by atoms with Gasteiger partial charge in [0, 0.05) is 18.4 Å². The van der Waals surface area contributed by atoms with Crippen LogP contribution in [0.5, 0.6) is 0 Å². The molecule has 0 atom stereocenters. The second-order valence-corrected chi connectivity index (χ2v) is 5.46. The van der Waals surface area contributed by atoms with Crippen LogP contribution in [0.2, 0.25) is 0 Å². The zero-order valence-corrected chi connectivity index (χ0v) is 12.5. The van der Waals surface area contributed by atoms with Crippen LogP contribution in [0.15, 0.2) is 18.2 Å². The molecule has 0 unspecified atom stereocenters. The molecule has 2 rings (SSSR count). The predicted molar refractivity (Wildman–Crippen MR) is 82.0 cm³/mol. The summed E-state index contributed by atoms with van der Waals surface area (Å²) in [7, 11) is 1.67. The Labute approximate surface area is 125 Å². The minimum Gasteiger partial charge on any atom is -0.384 e. The van der Waals surface area contributed by atoms with Crippen molar-refractivity contribution in [2.75, 3.05) is 19.0 Å². The highest BCUT2D eigenvalue weighted by molar-refractivity contribution is 5.92. The topological polar surface area (TPSA) is 58.6 Å². The normalized spacial score (nSPS) is 15.6. The van der Waals surface area contributed by atoms with Crippen LogP contribution in [0.3, 0.4) is 0 Å². The number of hydrogen-bond acceptors (Lipinski definition) is 3. The molecule has 1 aromatic rings. The van der Waals surface area contributed by atoms with Crippen molar-refractivity contribution in [1.82, 2.24) is 0 Å². The van der Waals surface area contributed by atoms with Crippen LogP contribution < -0.4 is 5.32 Å². The number of aliphatic hydroxyl groups is 1. The van der Waals surface area contributed by atoms with E-state index >= 15 is 0 Å². The number of methoxy groups -OCH3 is 1. The van der Waals surface area contributed by atoms with Crippen LogP contribution in [0, 0.1) is 18.8 Å². The van der Waals surface area contributed by atoms with E-state index in [4.69, 9.17) is 9.84 Å². The molecule has 0 bridgehead atoms. The second-order valence-electron chi connectivity index (χ2n) is 5.46. The van der Waals surface area contributed by atoms with Crippen LogP contribution in [0.25, 0.3) is 0 Å². The molecule has 0 radical (unpaired) electrons. The van der Waals surface area contributed by atoms with E-state index in [1.54, 1.807) is 7.11 Å². The molecule has 0 aliphatic heterocycles. The van der Waals surface area contributed by atoms with Crippen molar-refractivity contribution in [3.8, 4) is 11.8 Å². The summed E-state index contributed by atoms with van der Waals surface area (Å²) in [6, 6.07) is 5.57. The highest BCUT2D eigenvalue weighted by Crippen LogP contribution is 2.38. The molecule has 1 fully saturated rings. The summed E-state index contributed by atoms with van der Waals surface area (Å²) in [6.45, 7) is 1.77. The third-order valence-corrected chi connectivity index (χ3v) is 3.99. The first-order valence-electron chi connectivity index (χ1n) is 7.14. The van der Waals surface area contributed by atoms with E-state index in [0.717, 1.165) is 36.1 Å². The first kappa shape index (κ1) is 15.6. The lowest BCUT2D eigenvalue weighted by atomic mass is 9.77. The number of nitrogens with one attached hydrogen (secondary N) is 1. The molecule has 1 amide bonds. The van der Waals surface area contributed by atoms with E-state index in [-0.39, 0.29) is 18.1 Å². The summed E-state index contributed by atoms with van der Waals surface area (Å²) >= 11 is 0. The van der Waals surface area contributed by atoms with Crippen molar-refractivity contribution < 1.29 is 14.6 Å². The van der Waals surface area contributed by atoms with Crippen molar-refractivity contribution in [3.05, 3.63) is 29.3 Å². The largest absolute Gasteiger partial charge is 0.384 e. The molecule has 1 aromatic carbocycles. The Morgan fingerprint density at radius 2 is 2.24 bits per heavy atom. The SMILES string of the molecule is COC1(CC(=O)Nc2ccc(C#CCO)cc2C)CCC1. The van der Waals surface area contributed by atoms with Crippen molar-refractivity contribution in [2.24, 2.45) is 0 Å². The Morgan fingerprint density at radius 1 is 1.48 bits per heavy atom. The Balaban J connectivity index is 2.00. The van der Waals surface area contributed by atoms with Gasteiger partial charge < -0.3 is 15.2 Å². The molecule has 1 aliphatic rings. The van der Waals surface area contributed by atoms with Gasteiger partial charge in [0.2, 0.25) is 5.91 Å². The summed E-state index contributed by atoms with van der Waals surface area (Å²) in [6.07, 6.45) is 3.42. The maximum absolute atomic E-state index is 12.1. The Hall–Kier alpha value is -1.83. The number of aliphatic hydroxyl groups excluding tert-OH is 1. The van der Waals surface area contributed by atoms with Crippen LogP contribution >= 0.6 is 0 Å². The molecule has 4 heteroatoms. The van der Waals surface area contributed by atoms with E-state index in [0.29, 0.717) is 6.42 Å². The van der Waals surface area contributed by atoms with Gasteiger partial charge in [0.05, 0.1) is 12.0 Å². The molecule has 0 saturated heterocycles. The van der Waals surface area contributed by atoms with Gasteiger partial charge in [-0.25, -0.2) is 0 Å². The van der Waals surface area contributed by atoms with Gasteiger partial charge in [0.25, 0.3) is 0 Å². The second kappa shape index (κ2) is 6.75. The zero-order valence-electron chi connectivity index (χ0n) is 12.5. The lowest BCUT2D eigenvalue weighted by molar-refractivity contribution is -0.129. The number of ether oxygens (including phenoxy) is 1. The molecule has 2 N–H and O–H groups in total. The lowest BCUT2D eigenvalue weighted by Crippen LogP contribution is -2.42. The Morgan fingerprint density at radius 3 is 2.76 bits per heavy atom. The maximum Gasteiger partial charge on any atom is 0.227 e. The summed E-state index contributed by atoms with van der Waals surface area (Å²) < 4.78 is 5.47. The smallest absolute Gasteiger partial charge is 0.227 e. The number of anilines is 1. The number of aryl methyl sites for hydroxylation is 1. The molecule has 21 heavy (non-hydrogen) atoms. The summed E-state index contributed by atoms with van der Waals surface area (Å²) in [5.74, 6) is 5.44. The minimum absolute atomic E-state index is 0.0196. The van der Waals surface area contributed by atoms with Gasteiger partial charge in [-0.15, -0.1) is 0 Å². The Bertz CT molecular complexity index is 574. The van der Waals surface area contributed by atoms with Crippen molar-refractivity contribution in [1.29, 1.82) is 0 Å². The molecule has 1 aliphatic carbocycles. The van der Waals surface area contributed by atoms with Crippen molar-refractivity contribution >= 4 is 11.6 Å². The fraction of sp³-hybridized carbons (Fsp3) is 0.471. The summed E-state index contributed by atoms with van der Waals surface area (Å²) in [4.78, 5) is 12.1. The molecular formula is C17H21NO3. The first-order valence-corrected chi connectivity index (χ1v) is 7.14. The summed E-state index contributed by atoms with van der Waals surface area (Å²) in [5, 5.41) is 11.6. The number of hydrogen-bond donors (Lipinski definition) is 2. The van der Waals surface area contributed by atoms with Crippen LogP contribution in [-0.2, 0) is 9.53 Å². The van der Waals surface area contributed by atoms with Crippen molar-refractivity contribution in [3.63, 3.8) is 0 Å². The number of benzene rings is 1. The van der Waals surface area contributed by atoms with Gasteiger partial charge in [-0.2, -0.15) is 0 Å². The van der Waals surface area contributed by atoms with E-state index in [1.807, 2.05) is 25.1 Å². The highest BCUT2D eigenvalue weighted by atomic mass is 16.5. The zero-order chi connectivity index (χ0) is 15.3. The fourth-order valence-corrected chi connectivity index (χ4v) is 2.53. The molecule has 0 spiro atoms. The number of carbonyl (C=O) groups is 1. The molecule has 112 valence electrons. The number of amides is 1. The highest BCUT2D eigenvalue weighted by Gasteiger charge is 2.38. The van der Waals surface area contributed by atoms with Crippen LogP contribution in [0.4, 0.5) is 5.69 Å². The van der Waals surface area contributed by atoms with Gasteiger partial charge >= 0.3 is 0 Å². The minimum atomic E-state index is -0.259. The maximum atomic E-state index is 12.1. The van der Waals surface area contributed by atoms with Crippen molar-refractivity contribution in [2.45, 2.75) is 38.2 Å². The Kier molecular flexibility index (Phi) is 5.00. The quantitative estimate of drug-likeness (QED) is 0.835.